The fraction of sp³-hybridized carbons (Fsp3) is 0.261. The second kappa shape index (κ2) is 11.6. The summed E-state index contributed by atoms with van der Waals surface area (Å²) in [5.41, 5.74) is 2.79. The second-order valence-corrected chi connectivity index (χ2v) is 6.55. The minimum absolute atomic E-state index is 0.186. The van der Waals surface area contributed by atoms with Gasteiger partial charge in [0.2, 0.25) is 0 Å². The van der Waals surface area contributed by atoms with Crippen molar-refractivity contribution in [3.63, 3.8) is 0 Å². The summed E-state index contributed by atoms with van der Waals surface area (Å²) in [5.74, 6) is 0. The Hall–Kier alpha value is -3.25. The van der Waals surface area contributed by atoms with E-state index in [0.717, 1.165) is 30.2 Å². The number of aliphatic imine (C=N–C) groups is 2. The van der Waals surface area contributed by atoms with Gasteiger partial charge in [-0.3, -0.25) is 29.8 Å². The minimum atomic E-state index is 0.186. The number of rotatable bonds is 10. The number of pyridine rings is 3. The zero-order valence-corrected chi connectivity index (χ0v) is 16.7. The Kier molecular flexibility index (Phi) is 8.17. The molecule has 0 radical (unpaired) electrons. The molecule has 6 nitrogen and oxygen atoms in total. The van der Waals surface area contributed by atoms with E-state index >= 15 is 0 Å². The first kappa shape index (κ1) is 20.5. The Morgan fingerprint density at radius 1 is 0.759 bits per heavy atom. The molecule has 0 aliphatic heterocycles. The molecule has 3 rings (SSSR count). The Balaban J connectivity index is 1.58. The van der Waals surface area contributed by atoms with Crippen molar-refractivity contribution in [2.45, 2.75) is 13.0 Å². The van der Waals surface area contributed by atoms with Crippen molar-refractivity contribution in [2.75, 3.05) is 26.2 Å². The molecular weight excluding hydrogens is 360 g/mol. The van der Waals surface area contributed by atoms with Crippen LogP contribution in [0, 0.1) is 0 Å². The normalized spacial score (nSPS) is 12.8. The Bertz CT molecular complexity index is 828. The first-order chi connectivity index (χ1) is 14.3. The molecule has 0 spiro atoms. The maximum Gasteiger partial charge on any atom is 0.0807 e. The Labute approximate surface area is 172 Å². The molecule has 0 aromatic carbocycles. The highest BCUT2D eigenvalue weighted by molar-refractivity contribution is 5.77. The van der Waals surface area contributed by atoms with Gasteiger partial charge in [0, 0.05) is 50.2 Å². The molecule has 0 aliphatic rings. The van der Waals surface area contributed by atoms with Crippen molar-refractivity contribution in [2.24, 2.45) is 9.98 Å². The van der Waals surface area contributed by atoms with Gasteiger partial charge in [0.15, 0.2) is 0 Å². The summed E-state index contributed by atoms with van der Waals surface area (Å²) < 4.78 is 0. The zero-order valence-electron chi connectivity index (χ0n) is 16.7. The van der Waals surface area contributed by atoms with Crippen LogP contribution in [0.15, 0.2) is 83.2 Å². The fourth-order valence-corrected chi connectivity index (χ4v) is 2.90. The van der Waals surface area contributed by atoms with Crippen LogP contribution in [0.3, 0.4) is 0 Å². The van der Waals surface area contributed by atoms with Crippen molar-refractivity contribution in [3.8, 4) is 0 Å². The Morgan fingerprint density at radius 2 is 1.28 bits per heavy atom. The van der Waals surface area contributed by atoms with Crippen LogP contribution >= 0.6 is 0 Å². The zero-order chi connectivity index (χ0) is 20.2. The van der Waals surface area contributed by atoms with Crippen LogP contribution in [0.5, 0.6) is 0 Å². The van der Waals surface area contributed by atoms with Crippen LogP contribution in [0.25, 0.3) is 0 Å². The third kappa shape index (κ3) is 7.01. The van der Waals surface area contributed by atoms with E-state index in [1.165, 1.54) is 0 Å². The minimum Gasteiger partial charge on any atom is -0.291 e. The molecule has 1 unspecified atom stereocenters. The summed E-state index contributed by atoms with van der Waals surface area (Å²) in [6, 6.07) is 17.8. The monoisotopic (exact) mass is 386 g/mol. The average Bonchev–Trinajstić information content (AvgIpc) is 2.79. The number of aromatic nitrogens is 3. The summed E-state index contributed by atoms with van der Waals surface area (Å²) in [6.45, 7) is 5.20. The van der Waals surface area contributed by atoms with Crippen LogP contribution < -0.4 is 0 Å². The van der Waals surface area contributed by atoms with E-state index in [9.17, 15) is 0 Å². The standard InChI is InChI=1S/C23H26N6/c1-20(23-10-4-7-13-28-23)29(16-14-24-18-21-8-2-5-11-26-21)17-15-25-19-22-9-3-6-12-27-22/h2-13,18-20H,14-17H2,1H3. The number of hydrogen-bond acceptors (Lipinski definition) is 6. The third-order valence-electron chi connectivity index (χ3n) is 4.52. The highest BCUT2D eigenvalue weighted by Gasteiger charge is 2.15. The summed E-state index contributed by atoms with van der Waals surface area (Å²) in [4.78, 5) is 24.5. The lowest BCUT2D eigenvalue weighted by Gasteiger charge is -2.27. The van der Waals surface area contributed by atoms with Crippen LogP contribution in [-0.4, -0.2) is 58.5 Å². The van der Waals surface area contributed by atoms with E-state index in [1.54, 1.807) is 12.4 Å². The van der Waals surface area contributed by atoms with Gasteiger partial charge in [-0.05, 0) is 43.3 Å². The summed E-state index contributed by atoms with van der Waals surface area (Å²) >= 11 is 0. The molecule has 1 atom stereocenters. The molecule has 0 aliphatic carbocycles. The second-order valence-electron chi connectivity index (χ2n) is 6.55. The van der Waals surface area contributed by atoms with E-state index in [2.05, 4.69) is 42.8 Å². The van der Waals surface area contributed by atoms with Gasteiger partial charge in [0.25, 0.3) is 0 Å². The van der Waals surface area contributed by atoms with Crippen molar-refractivity contribution in [3.05, 3.63) is 90.3 Å². The largest absolute Gasteiger partial charge is 0.291 e. The predicted molar refractivity (Wildman–Crippen MR) is 118 cm³/mol. The van der Waals surface area contributed by atoms with E-state index in [1.807, 2.05) is 67.2 Å². The van der Waals surface area contributed by atoms with Gasteiger partial charge in [-0.1, -0.05) is 18.2 Å². The van der Waals surface area contributed by atoms with Gasteiger partial charge in [0.1, 0.15) is 0 Å². The van der Waals surface area contributed by atoms with E-state index < -0.39 is 0 Å². The maximum atomic E-state index is 4.54. The van der Waals surface area contributed by atoms with Crippen molar-refractivity contribution in [1.29, 1.82) is 0 Å². The van der Waals surface area contributed by atoms with Gasteiger partial charge in [0.05, 0.1) is 30.2 Å². The Morgan fingerprint density at radius 3 is 1.72 bits per heavy atom. The molecule has 0 saturated carbocycles. The third-order valence-corrected chi connectivity index (χ3v) is 4.52. The van der Waals surface area contributed by atoms with Crippen LogP contribution in [0.2, 0.25) is 0 Å². The molecule has 6 heteroatoms. The first-order valence-electron chi connectivity index (χ1n) is 9.79. The molecule has 148 valence electrons. The summed E-state index contributed by atoms with van der Waals surface area (Å²) in [7, 11) is 0. The van der Waals surface area contributed by atoms with Crippen LogP contribution in [-0.2, 0) is 0 Å². The van der Waals surface area contributed by atoms with Gasteiger partial charge in [-0.2, -0.15) is 0 Å². The maximum absolute atomic E-state index is 4.54. The molecule has 0 saturated heterocycles. The van der Waals surface area contributed by atoms with Crippen molar-refractivity contribution in [1.82, 2.24) is 19.9 Å². The predicted octanol–water partition coefficient (Wildman–Crippen LogP) is 3.47. The van der Waals surface area contributed by atoms with Gasteiger partial charge in [-0.25, -0.2) is 0 Å². The van der Waals surface area contributed by atoms with Crippen LogP contribution in [0.1, 0.15) is 30.0 Å². The van der Waals surface area contributed by atoms with E-state index in [0.29, 0.717) is 13.1 Å². The lowest BCUT2D eigenvalue weighted by molar-refractivity contribution is 0.220. The van der Waals surface area contributed by atoms with Gasteiger partial charge < -0.3 is 0 Å². The van der Waals surface area contributed by atoms with E-state index in [-0.39, 0.29) is 6.04 Å². The summed E-state index contributed by atoms with van der Waals surface area (Å²) in [6.07, 6.45) is 9.03. The molecule has 0 fully saturated rings. The fourth-order valence-electron chi connectivity index (χ4n) is 2.90. The molecule has 0 N–H and O–H groups in total. The van der Waals surface area contributed by atoms with Gasteiger partial charge in [-0.15, -0.1) is 0 Å². The highest BCUT2D eigenvalue weighted by Crippen LogP contribution is 2.17. The molecule has 0 amide bonds. The average molecular weight is 387 g/mol. The number of hydrogen-bond donors (Lipinski definition) is 0. The van der Waals surface area contributed by atoms with Crippen molar-refractivity contribution >= 4 is 12.4 Å². The van der Waals surface area contributed by atoms with E-state index in [4.69, 9.17) is 0 Å². The van der Waals surface area contributed by atoms with Gasteiger partial charge >= 0.3 is 0 Å². The topological polar surface area (TPSA) is 66.6 Å². The molecule has 3 aromatic rings. The smallest absolute Gasteiger partial charge is 0.0807 e. The highest BCUT2D eigenvalue weighted by atomic mass is 15.2. The van der Waals surface area contributed by atoms with Crippen LogP contribution in [0.4, 0.5) is 0 Å². The lowest BCUT2D eigenvalue weighted by atomic mass is 10.2. The number of nitrogens with zero attached hydrogens (tertiary/aromatic N) is 6. The molecular formula is C23H26N6. The lowest BCUT2D eigenvalue weighted by Crippen LogP contribution is -2.32. The molecule has 0 bridgehead atoms. The molecule has 29 heavy (non-hydrogen) atoms. The SMILES string of the molecule is CC(c1ccccn1)N(CCN=Cc1ccccn1)CCN=Cc1ccccn1. The first-order valence-corrected chi connectivity index (χ1v) is 9.79. The quantitative estimate of drug-likeness (QED) is 0.501. The summed E-state index contributed by atoms with van der Waals surface area (Å²) in [5, 5.41) is 0. The van der Waals surface area contributed by atoms with Crippen molar-refractivity contribution < 1.29 is 0 Å². The molecule has 3 heterocycles. The molecule has 3 aromatic heterocycles.